The van der Waals surface area contributed by atoms with Crippen LogP contribution in [-0.4, -0.2) is 5.91 Å². The van der Waals surface area contributed by atoms with Crippen LogP contribution in [0, 0.1) is 13.8 Å². The number of nitrogens with one attached hydrogen (secondary N) is 2. The Balaban J connectivity index is 2.01. The minimum absolute atomic E-state index is 0.0540. The van der Waals surface area contributed by atoms with E-state index in [4.69, 9.17) is 0 Å². The van der Waals surface area contributed by atoms with Crippen molar-refractivity contribution in [1.29, 1.82) is 0 Å². The molecule has 4 heteroatoms. The molecule has 0 bridgehead atoms. The Bertz CT molecular complexity index is 627. The highest BCUT2D eigenvalue weighted by Crippen LogP contribution is 2.25. The molecule has 0 atom stereocenters. The maximum atomic E-state index is 11.0. The molecule has 0 radical (unpaired) electrons. The van der Waals surface area contributed by atoms with Gasteiger partial charge in [0.2, 0.25) is 5.91 Å². The van der Waals surface area contributed by atoms with Crippen molar-refractivity contribution >= 4 is 33.2 Å². The lowest BCUT2D eigenvalue weighted by Crippen LogP contribution is -2.06. The fraction of sp³-hybridized carbons (Fsp3) is 0.235. The molecule has 0 aromatic heterocycles. The number of aryl methyl sites for hydroxylation is 2. The first kappa shape index (κ1) is 15.6. The molecule has 110 valence electrons. The molecule has 0 aliphatic rings. The van der Waals surface area contributed by atoms with Gasteiger partial charge in [-0.25, -0.2) is 0 Å². The molecule has 2 rings (SSSR count). The molecule has 0 spiro atoms. The summed E-state index contributed by atoms with van der Waals surface area (Å²) in [4.78, 5) is 11.0. The van der Waals surface area contributed by atoms with Crippen LogP contribution in [0.15, 0.2) is 40.9 Å². The van der Waals surface area contributed by atoms with Crippen LogP contribution in [0.25, 0.3) is 0 Å². The van der Waals surface area contributed by atoms with Crippen molar-refractivity contribution in [3.63, 3.8) is 0 Å². The van der Waals surface area contributed by atoms with Crippen LogP contribution in [0.2, 0.25) is 0 Å². The third-order valence-electron chi connectivity index (χ3n) is 3.21. The van der Waals surface area contributed by atoms with Crippen molar-refractivity contribution in [3.05, 3.63) is 57.6 Å². The van der Waals surface area contributed by atoms with Crippen LogP contribution >= 0.6 is 15.9 Å². The summed E-state index contributed by atoms with van der Waals surface area (Å²) in [5.74, 6) is -0.0540. The molecule has 2 aromatic rings. The van der Waals surface area contributed by atoms with Crippen molar-refractivity contribution < 1.29 is 4.79 Å². The number of halogens is 1. The average Bonchev–Trinajstić information content (AvgIpc) is 2.43. The number of anilines is 2. The van der Waals surface area contributed by atoms with Gasteiger partial charge in [0.1, 0.15) is 0 Å². The zero-order valence-corrected chi connectivity index (χ0v) is 14.0. The van der Waals surface area contributed by atoms with Crippen LogP contribution < -0.4 is 10.6 Å². The lowest BCUT2D eigenvalue weighted by molar-refractivity contribution is -0.114. The topological polar surface area (TPSA) is 41.1 Å². The van der Waals surface area contributed by atoms with Gasteiger partial charge in [-0.15, -0.1) is 0 Å². The third kappa shape index (κ3) is 4.33. The Kier molecular flexibility index (Phi) is 5.02. The summed E-state index contributed by atoms with van der Waals surface area (Å²) in [6.45, 7) is 6.43. The van der Waals surface area contributed by atoms with Gasteiger partial charge in [-0.2, -0.15) is 0 Å². The van der Waals surface area contributed by atoms with Gasteiger partial charge < -0.3 is 10.6 Å². The third-order valence-corrected chi connectivity index (χ3v) is 4.46. The minimum atomic E-state index is -0.0540. The molecular weight excluding hydrogens is 328 g/mol. The van der Waals surface area contributed by atoms with Gasteiger partial charge in [-0.1, -0.05) is 28.1 Å². The Labute approximate surface area is 133 Å². The summed E-state index contributed by atoms with van der Waals surface area (Å²) in [5.41, 5.74) is 5.54. The van der Waals surface area contributed by atoms with E-state index in [1.54, 1.807) is 0 Å². The molecular formula is C17H19BrN2O. The van der Waals surface area contributed by atoms with Crippen molar-refractivity contribution in [1.82, 2.24) is 0 Å². The molecule has 21 heavy (non-hydrogen) atoms. The second-order valence-electron chi connectivity index (χ2n) is 5.16. The maximum Gasteiger partial charge on any atom is 0.221 e. The Morgan fingerprint density at radius 3 is 2.14 bits per heavy atom. The highest BCUT2D eigenvalue weighted by molar-refractivity contribution is 9.10. The van der Waals surface area contributed by atoms with Gasteiger partial charge in [0.25, 0.3) is 0 Å². The molecule has 1 amide bonds. The predicted molar refractivity (Wildman–Crippen MR) is 91.7 cm³/mol. The van der Waals surface area contributed by atoms with E-state index in [9.17, 15) is 4.79 Å². The molecule has 0 aliphatic carbocycles. The highest BCUT2D eigenvalue weighted by Gasteiger charge is 2.02. The SMILES string of the molecule is CC(=O)Nc1ccc(CNc2cc(C)c(Br)c(C)c2)cc1. The largest absolute Gasteiger partial charge is 0.381 e. The van der Waals surface area contributed by atoms with Crippen LogP contribution in [0.1, 0.15) is 23.6 Å². The smallest absolute Gasteiger partial charge is 0.221 e. The summed E-state index contributed by atoms with van der Waals surface area (Å²) in [7, 11) is 0. The fourth-order valence-electron chi connectivity index (χ4n) is 2.16. The standard InChI is InChI=1S/C17H19BrN2O/c1-11-8-16(9-12(2)17(11)18)19-10-14-4-6-15(7-5-14)20-13(3)21/h4-9,19H,10H2,1-3H3,(H,20,21). The Morgan fingerprint density at radius 1 is 1.05 bits per heavy atom. The van der Waals surface area contributed by atoms with Crippen molar-refractivity contribution in [2.75, 3.05) is 10.6 Å². The predicted octanol–water partition coefficient (Wildman–Crippen LogP) is 4.64. The lowest BCUT2D eigenvalue weighted by atomic mass is 10.1. The number of carbonyl (C=O) groups excluding carboxylic acids is 1. The number of amides is 1. The van der Waals surface area contributed by atoms with E-state index in [2.05, 4.69) is 52.5 Å². The van der Waals surface area contributed by atoms with E-state index < -0.39 is 0 Å². The summed E-state index contributed by atoms with van der Waals surface area (Å²) in [6.07, 6.45) is 0. The number of benzene rings is 2. The van der Waals surface area contributed by atoms with Gasteiger partial charge >= 0.3 is 0 Å². The van der Waals surface area contributed by atoms with E-state index in [1.165, 1.54) is 23.6 Å². The number of rotatable bonds is 4. The fourth-order valence-corrected chi connectivity index (χ4v) is 2.39. The van der Waals surface area contributed by atoms with Crippen molar-refractivity contribution in [2.24, 2.45) is 0 Å². The summed E-state index contributed by atoms with van der Waals surface area (Å²) in [5, 5.41) is 6.18. The summed E-state index contributed by atoms with van der Waals surface area (Å²) in [6, 6.07) is 12.1. The van der Waals surface area contributed by atoms with Gasteiger partial charge in [0.05, 0.1) is 0 Å². The van der Waals surface area contributed by atoms with Gasteiger partial charge in [0, 0.05) is 29.3 Å². The second-order valence-corrected chi connectivity index (χ2v) is 5.95. The van der Waals surface area contributed by atoms with E-state index in [-0.39, 0.29) is 5.91 Å². The molecule has 0 fully saturated rings. The molecule has 0 aliphatic heterocycles. The lowest BCUT2D eigenvalue weighted by Gasteiger charge is -2.11. The quantitative estimate of drug-likeness (QED) is 0.846. The highest BCUT2D eigenvalue weighted by atomic mass is 79.9. The molecule has 0 unspecified atom stereocenters. The molecule has 0 saturated carbocycles. The molecule has 2 aromatic carbocycles. The maximum absolute atomic E-state index is 11.0. The molecule has 3 nitrogen and oxygen atoms in total. The summed E-state index contributed by atoms with van der Waals surface area (Å²) >= 11 is 3.57. The normalized spacial score (nSPS) is 10.3. The van der Waals surface area contributed by atoms with Gasteiger partial charge in [-0.05, 0) is 54.8 Å². The number of hydrogen-bond donors (Lipinski definition) is 2. The first-order valence-corrected chi connectivity index (χ1v) is 7.62. The van der Waals surface area contributed by atoms with Crippen LogP contribution in [0.5, 0.6) is 0 Å². The van der Waals surface area contributed by atoms with E-state index in [1.807, 2.05) is 24.3 Å². The Morgan fingerprint density at radius 2 is 1.62 bits per heavy atom. The van der Waals surface area contributed by atoms with Gasteiger partial charge in [-0.3, -0.25) is 4.79 Å². The number of carbonyl (C=O) groups is 1. The second kappa shape index (κ2) is 6.76. The molecule has 0 heterocycles. The van der Waals surface area contributed by atoms with Crippen LogP contribution in [-0.2, 0) is 11.3 Å². The van der Waals surface area contributed by atoms with E-state index in [0.717, 1.165) is 22.4 Å². The van der Waals surface area contributed by atoms with Gasteiger partial charge in [0.15, 0.2) is 0 Å². The summed E-state index contributed by atoms with van der Waals surface area (Å²) < 4.78 is 1.16. The zero-order chi connectivity index (χ0) is 15.4. The molecule has 0 saturated heterocycles. The average molecular weight is 347 g/mol. The van der Waals surface area contributed by atoms with Crippen molar-refractivity contribution in [2.45, 2.75) is 27.3 Å². The minimum Gasteiger partial charge on any atom is -0.381 e. The molecule has 2 N–H and O–H groups in total. The first-order chi connectivity index (χ1) is 9.95. The Hall–Kier alpha value is -1.81. The van der Waals surface area contributed by atoms with Crippen LogP contribution in [0.3, 0.4) is 0 Å². The van der Waals surface area contributed by atoms with Crippen LogP contribution in [0.4, 0.5) is 11.4 Å². The monoisotopic (exact) mass is 346 g/mol. The van der Waals surface area contributed by atoms with E-state index in [0.29, 0.717) is 0 Å². The number of hydrogen-bond acceptors (Lipinski definition) is 2. The van der Waals surface area contributed by atoms with E-state index >= 15 is 0 Å². The first-order valence-electron chi connectivity index (χ1n) is 6.83. The zero-order valence-electron chi connectivity index (χ0n) is 12.5. The van der Waals surface area contributed by atoms with Crippen molar-refractivity contribution in [3.8, 4) is 0 Å².